The van der Waals surface area contributed by atoms with Crippen LogP contribution in [0.2, 0.25) is 0 Å². The molecule has 1 aromatic carbocycles. The van der Waals surface area contributed by atoms with Crippen LogP contribution in [0.25, 0.3) is 5.65 Å². The molecule has 0 bridgehead atoms. The highest BCUT2D eigenvalue weighted by molar-refractivity contribution is 5.62. The van der Waals surface area contributed by atoms with Gasteiger partial charge in [0.25, 0.3) is 0 Å². The first-order chi connectivity index (χ1) is 11.1. The smallest absolute Gasteiger partial charge is 0.372 e. The Morgan fingerprint density at radius 1 is 1.22 bits per heavy atom. The average molecular weight is 311 g/mol. The lowest BCUT2D eigenvalue weighted by Gasteiger charge is -2.12. The van der Waals surface area contributed by atoms with Gasteiger partial charge in [-0.2, -0.15) is 9.38 Å². The van der Waals surface area contributed by atoms with Crippen molar-refractivity contribution < 1.29 is 4.92 Å². The molecular weight excluding hydrogens is 294 g/mol. The van der Waals surface area contributed by atoms with E-state index >= 15 is 0 Å². The number of hydrogen-bond acceptors (Lipinski definition) is 5. The van der Waals surface area contributed by atoms with Gasteiger partial charge in [0.05, 0.1) is 6.20 Å². The summed E-state index contributed by atoms with van der Waals surface area (Å²) in [7, 11) is 3.96. The summed E-state index contributed by atoms with van der Waals surface area (Å²) in [4.78, 5) is 17.2. The number of pyridine rings is 1. The predicted molar refractivity (Wildman–Crippen MR) is 89.9 cm³/mol. The molecule has 0 aliphatic heterocycles. The van der Waals surface area contributed by atoms with Crippen LogP contribution in [0.15, 0.2) is 48.7 Å². The molecule has 3 aromatic rings. The predicted octanol–water partition coefficient (Wildman–Crippen LogP) is 2.92. The van der Waals surface area contributed by atoms with E-state index in [1.807, 2.05) is 43.3 Å². The largest absolute Gasteiger partial charge is 0.378 e. The summed E-state index contributed by atoms with van der Waals surface area (Å²) < 4.78 is 1.47. The van der Waals surface area contributed by atoms with E-state index in [2.05, 4.69) is 10.3 Å². The zero-order valence-electron chi connectivity index (χ0n) is 12.9. The SMILES string of the molecule is CN(C)c1ccc(CNc2nc3ccccn3c2[N+](=O)[O-])cc1. The molecule has 0 spiro atoms. The summed E-state index contributed by atoms with van der Waals surface area (Å²) >= 11 is 0. The van der Waals surface area contributed by atoms with Gasteiger partial charge in [0.1, 0.15) is 0 Å². The lowest BCUT2D eigenvalue weighted by molar-refractivity contribution is -0.389. The molecule has 7 nitrogen and oxygen atoms in total. The first kappa shape index (κ1) is 14.8. The molecule has 0 unspecified atom stereocenters. The lowest BCUT2D eigenvalue weighted by atomic mass is 10.2. The molecule has 2 heterocycles. The first-order valence-electron chi connectivity index (χ1n) is 7.18. The molecule has 0 atom stereocenters. The van der Waals surface area contributed by atoms with E-state index in [1.54, 1.807) is 24.4 Å². The number of imidazole rings is 1. The molecule has 0 saturated carbocycles. The Hall–Kier alpha value is -3.09. The molecule has 0 amide bonds. The second kappa shape index (κ2) is 5.96. The molecule has 2 aromatic heterocycles. The van der Waals surface area contributed by atoms with Crippen molar-refractivity contribution in [2.45, 2.75) is 6.54 Å². The van der Waals surface area contributed by atoms with Crippen LogP contribution in [0.5, 0.6) is 0 Å². The molecule has 0 saturated heterocycles. The summed E-state index contributed by atoms with van der Waals surface area (Å²) in [6, 6.07) is 13.3. The maximum absolute atomic E-state index is 11.3. The third kappa shape index (κ3) is 2.94. The number of rotatable bonds is 5. The quantitative estimate of drug-likeness (QED) is 0.579. The topological polar surface area (TPSA) is 75.7 Å². The van der Waals surface area contributed by atoms with Crippen molar-refractivity contribution in [1.82, 2.24) is 9.38 Å². The minimum absolute atomic E-state index is 0.0505. The van der Waals surface area contributed by atoms with Crippen LogP contribution in [0.3, 0.4) is 0 Å². The number of anilines is 2. The van der Waals surface area contributed by atoms with Crippen molar-refractivity contribution in [2.75, 3.05) is 24.3 Å². The van der Waals surface area contributed by atoms with Gasteiger partial charge in [-0.1, -0.05) is 18.2 Å². The van der Waals surface area contributed by atoms with E-state index in [9.17, 15) is 10.1 Å². The van der Waals surface area contributed by atoms with Crippen LogP contribution < -0.4 is 10.2 Å². The van der Waals surface area contributed by atoms with Gasteiger partial charge in [0.15, 0.2) is 0 Å². The van der Waals surface area contributed by atoms with E-state index in [1.165, 1.54) is 4.40 Å². The van der Waals surface area contributed by atoms with Gasteiger partial charge in [-0.25, -0.2) is 0 Å². The highest BCUT2D eigenvalue weighted by Gasteiger charge is 2.21. The number of fused-ring (bicyclic) bond motifs is 1. The first-order valence-corrected chi connectivity index (χ1v) is 7.18. The molecule has 0 fully saturated rings. The van der Waals surface area contributed by atoms with Crippen LogP contribution in [0.4, 0.5) is 17.3 Å². The van der Waals surface area contributed by atoms with Gasteiger partial charge in [-0.15, -0.1) is 0 Å². The number of benzene rings is 1. The molecule has 1 N–H and O–H groups in total. The summed E-state index contributed by atoms with van der Waals surface area (Å²) in [5.74, 6) is 0.225. The van der Waals surface area contributed by atoms with Crippen molar-refractivity contribution >= 4 is 23.0 Å². The average Bonchev–Trinajstić information content (AvgIpc) is 2.91. The highest BCUT2D eigenvalue weighted by atomic mass is 16.6. The summed E-state index contributed by atoms with van der Waals surface area (Å²) in [5, 5.41) is 14.4. The minimum Gasteiger partial charge on any atom is -0.378 e. The molecule has 7 heteroatoms. The molecule has 0 aliphatic carbocycles. The van der Waals surface area contributed by atoms with Gasteiger partial charge in [-0.05, 0) is 28.7 Å². The Labute approximate surface area is 133 Å². The van der Waals surface area contributed by atoms with Crippen LogP contribution in [-0.4, -0.2) is 28.4 Å². The van der Waals surface area contributed by atoms with Gasteiger partial charge in [0, 0.05) is 32.4 Å². The third-order valence-corrected chi connectivity index (χ3v) is 3.59. The Morgan fingerprint density at radius 2 is 1.96 bits per heavy atom. The Bertz CT molecular complexity index is 839. The molecule has 0 radical (unpaired) electrons. The van der Waals surface area contributed by atoms with Crippen molar-refractivity contribution in [3.63, 3.8) is 0 Å². The zero-order chi connectivity index (χ0) is 16.4. The monoisotopic (exact) mass is 311 g/mol. The van der Waals surface area contributed by atoms with Gasteiger partial charge >= 0.3 is 5.82 Å². The van der Waals surface area contributed by atoms with Crippen LogP contribution >= 0.6 is 0 Å². The maximum atomic E-state index is 11.3. The molecule has 118 valence electrons. The van der Waals surface area contributed by atoms with E-state index in [-0.39, 0.29) is 11.6 Å². The molecular formula is C16H17N5O2. The van der Waals surface area contributed by atoms with E-state index in [0.717, 1.165) is 11.3 Å². The fourth-order valence-electron chi connectivity index (χ4n) is 2.37. The third-order valence-electron chi connectivity index (χ3n) is 3.59. The van der Waals surface area contributed by atoms with E-state index < -0.39 is 4.92 Å². The number of aromatic nitrogens is 2. The van der Waals surface area contributed by atoms with Crippen LogP contribution in [-0.2, 0) is 6.54 Å². The zero-order valence-corrected chi connectivity index (χ0v) is 12.9. The highest BCUT2D eigenvalue weighted by Crippen LogP contribution is 2.25. The van der Waals surface area contributed by atoms with Crippen molar-refractivity contribution in [1.29, 1.82) is 0 Å². The maximum Gasteiger partial charge on any atom is 0.372 e. The van der Waals surface area contributed by atoms with Crippen molar-refractivity contribution in [3.05, 3.63) is 64.3 Å². The van der Waals surface area contributed by atoms with E-state index in [0.29, 0.717) is 12.2 Å². The number of nitrogens with zero attached hydrogens (tertiary/aromatic N) is 4. The second-order valence-electron chi connectivity index (χ2n) is 5.38. The summed E-state index contributed by atoms with van der Waals surface area (Å²) in [5.41, 5.74) is 2.68. The Balaban J connectivity index is 1.84. The molecule has 3 rings (SSSR count). The van der Waals surface area contributed by atoms with Crippen LogP contribution in [0, 0.1) is 10.1 Å². The van der Waals surface area contributed by atoms with Gasteiger partial charge in [0.2, 0.25) is 11.5 Å². The van der Waals surface area contributed by atoms with Gasteiger partial charge in [-0.3, -0.25) is 0 Å². The van der Waals surface area contributed by atoms with Gasteiger partial charge < -0.3 is 20.3 Å². The fraction of sp³-hybridized carbons (Fsp3) is 0.188. The van der Waals surface area contributed by atoms with Crippen molar-refractivity contribution in [2.24, 2.45) is 0 Å². The fourth-order valence-corrected chi connectivity index (χ4v) is 2.37. The normalized spacial score (nSPS) is 10.7. The van der Waals surface area contributed by atoms with Crippen LogP contribution in [0.1, 0.15) is 5.56 Å². The standard InChI is InChI=1S/C16H17N5O2/c1-19(2)13-8-6-12(7-9-13)11-17-15-16(21(22)23)20-10-4-3-5-14(20)18-15/h3-10,17H,11H2,1-2H3. The number of nitrogens with one attached hydrogen (secondary N) is 1. The number of hydrogen-bond donors (Lipinski definition) is 1. The Kier molecular flexibility index (Phi) is 3.84. The Morgan fingerprint density at radius 3 is 2.61 bits per heavy atom. The summed E-state index contributed by atoms with van der Waals surface area (Å²) in [6.07, 6.45) is 1.64. The molecule has 23 heavy (non-hydrogen) atoms. The van der Waals surface area contributed by atoms with E-state index in [4.69, 9.17) is 0 Å². The lowest BCUT2D eigenvalue weighted by Crippen LogP contribution is -2.08. The molecule has 0 aliphatic rings. The number of nitro groups is 1. The van der Waals surface area contributed by atoms with Crippen molar-refractivity contribution in [3.8, 4) is 0 Å². The summed E-state index contributed by atoms with van der Waals surface area (Å²) in [6.45, 7) is 0.471. The minimum atomic E-state index is -0.419. The second-order valence-corrected chi connectivity index (χ2v) is 5.38.